The number of carbonyl (C=O) groups is 2. The molecule has 2 aromatic heterocycles. The maximum Gasteiger partial charge on any atom is 0.264 e. The maximum absolute atomic E-state index is 12.7. The number of rotatable bonds is 5. The Kier molecular flexibility index (Phi) is 5.36. The van der Waals surface area contributed by atoms with E-state index in [1.807, 2.05) is 35.7 Å². The highest BCUT2D eigenvalue weighted by molar-refractivity contribution is 7.18. The van der Waals surface area contributed by atoms with Crippen molar-refractivity contribution in [2.24, 2.45) is 0 Å². The molecule has 1 N–H and O–H groups in total. The van der Waals surface area contributed by atoms with Crippen LogP contribution in [0.2, 0.25) is 0 Å². The van der Waals surface area contributed by atoms with Crippen molar-refractivity contribution in [2.45, 2.75) is 18.9 Å². The summed E-state index contributed by atoms with van der Waals surface area (Å²) in [5.74, 6) is 0.446. The van der Waals surface area contributed by atoms with Gasteiger partial charge in [0.05, 0.1) is 12.0 Å². The lowest BCUT2D eigenvalue weighted by molar-refractivity contribution is -0.119. The highest BCUT2D eigenvalue weighted by Gasteiger charge is 2.35. The molecule has 0 bridgehead atoms. The Morgan fingerprint density at radius 3 is 2.75 bits per heavy atom. The van der Waals surface area contributed by atoms with Gasteiger partial charge in [0.25, 0.3) is 5.91 Å². The van der Waals surface area contributed by atoms with Crippen LogP contribution in [-0.4, -0.2) is 46.6 Å². The molecule has 7 nitrogen and oxygen atoms in total. The van der Waals surface area contributed by atoms with Gasteiger partial charge in [0, 0.05) is 12.1 Å². The van der Waals surface area contributed by atoms with Crippen molar-refractivity contribution in [1.82, 2.24) is 15.1 Å². The Morgan fingerprint density at radius 2 is 2.04 bits per heavy atom. The zero-order chi connectivity index (χ0) is 19.5. The average molecular weight is 415 g/mol. The number of hydrogen-bond acceptors (Lipinski definition) is 7. The number of nitrogens with one attached hydrogen (secondary N) is 1. The molecule has 1 saturated heterocycles. The molecule has 0 aliphatic carbocycles. The molecule has 144 valence electrons. The number of nitrogens with zero attached hydrogens (tertiary/aromatic N) is 3. The predicted molar refractivity (Wildman–Crippen MR) is 109 cm³/mol. The normalized spacial score (nSPS) is 16.2. The van der Waals surface area contributed by atoms with Crippen molar-refractivity contribution in [3.8, 4) is 16.3 Å². The van der Waals surface area contributed by atoms with Crippen LogP contribution in [0.15, 0.2) is 41.8 Å². The number of amides is 2. The van der Waals surface area contributed by atoms with E-state index in [0.29, 0.717) is 28.0 Å². The SMILES string of the molecule is COc1ccc(-c2nnc(NC(=O)C3CCCN3C(=O)c3cccs3)s2)cc1. The second kappa shape index (κ2) is 8.07. The van der Waals surface area contributed by atoms with E-state index in [1.165, 1.54) is 22.7 Å². The fourth-order valence-corrected chi connectivity index (χ4v) is 4.57. The quantitative estimate of drug-likeness (QED) is 0.691. The van der Waals surface area contributed by atoms with Crippen LogP contribution >= 0.6 is 22.7 Å². The van der Waals surface area contributed by atoms with E-state index in [2.05, 4.69) is 15.5 Å². The minimum absolute atomic E-state index is 0.0937. The van der Waals surface area contributed by atoms with Gasteiger partial charge in [-0.05, 0) is 48.6 Å². The monoisotopic (exact) mass is 414 g/mol. The first-order valence-corrected chi connectivity index (χ1v) is 10.5. The first kappa shape index (κ1) is 18.6. The van der Waals surface area contributed by atoms with Crippen LogP contribution in [0.5, 0.6) is 5.75 Å². The summed E-state index contributed by atoms with van der Waals surface area (Å²) in [6.07, 6.45) is 1.45. The third-order valence-corrected chi connectivity index (χ3v) is 6.29. The van der Waals surface area contributed by atoms with Gasteiger partial charge in [-0.1, -0.05) is 17.4 Å². The summed E-state index contributed by atoms with van der Waals surface area (Å²) in [7, 11) is 1.61. The van der Waals surface area contributed by atoms with Gasteiger partial charge < -0.3 is 9.64 Å². The molecule has 0 saturated carbocycles. The number of hydrogen-bond donors (Lipinski definition) is 1. The summed E-state index contributed by atoms with van der Waals surface area (Å²) in [5, 5.41) is 14.0. The highest BCUT2D eigenvalue weighted by atomic mass is 32.1. The van der Waals surface area contributed by atoms with Crippen LogP contribution in [0.25, 0.3) is 10.6 Å². The van der Waals surface area contributed by atoms with Crippen molar-refractivity contribution in [3.05, 3.63) is 46.7 Å². The minimum Gasteiger partial charge on any atom is -0.497 e. The highest BCUT2D eigenvalue weighted by Crippen LogP contribution is 2.29. The van der Waals surface area contributed by atoms with E-state index in [0.717, 1.165) is 17.7 Å². The second-order valence-electron chi connectivity index (χ2n) is 6.26. The predicted octanol–water partition coefficient (Wildman–Crippen LogP) is 3.52. The van der Waals surface area contributed by atoms with Gasteiger partial charge in [-0.15, -0.1) is 21.5 Å². The molecule has 28 heavy (non-hydrogen) atoms. The third-order valence-electron chi connectivity index (χ3n) is 4.54. The summed E-state index contributed by atoms with van der Waals surface area (Å²) in [6, 6.07) is 10.6. The molecule has 9 heteroatoms. The van der Waals surface area contributed by atoms with Crippen LogP contribution in [0.1, 0.15) is 22.5 Å². The van der Waals surface area contributed by atoms with Crippen molar-refractivity contribution >= 4 is 39.6 Å². The number of anilines is 1. The molecule has 1 fully saturated rings. The lowest BCUT2D eigenvalue weighted by Gasteiger charge is -2.22. The summed E-state index contributed by atoms with van der Waals surface area (Å²) in [4.78, 5) is 27.7. The van der Waals surface area contributed by atoms with Gasteiger partial charge in [-0.25, -0.2) is 0 Å². The molecule has 3 heterocycles. The van der Waals surface area contributed by atoms with E-state index in [1.54, 1.807) is 18.1 Å². The molecule has 1 aliphatic rings. The van der Waals surface area contributed by atoms with Crippen LogP contribution in [-0.2, 0) is 4.79 Å². The van der Waals surface area contributed by atoms with Crippen LogP contribution in [0, 0.1) is 0 Å². The summed E-state index contributed by atoms with van der Waals surface area (Å²) in [5.41, 5.74) is 0.897. The molecular formula is C19H18N4O3S2. The van der Waals surface area contributed by atoms with Gasteiger partial charge in [-0.3, -0.25) is 14.9 Å². The van der Waals surface area contributed by atoms with Crippen molar-refractivity contribution < 1.29 is 14.3 Å². The van der Waals surface area contributed by atoms with Crippen molar-refractivity contribution in [1.29, 1.82) is 0 Å². The number of thiophene rings is 1. The van der Waals surface area contributed by atoms with E-state index in [9.17, 15) is 9.59 Å². The van der Waals surface area contributed by atoms with Crippen LogP contribution in [0.4, 0.5) is 5.13 Å². The van der Waals surface area contributed by atoms with Gasteiger partial charge in [0.15, 0.2) is 0 Å². The molecule has 1 aliphatic heterocycles. The van der Waals surface area contributed by atoms with Crippen LogP contribution in [0.3, 0.4) is 0 Å². The van der Waals surface area contributed by atoms with E-state index >= 15 is 0 Å². The minimum atomic E-state index is -0.483. The maximum atomic E-state index is 12.7. The Morgan fingerprint density at radius 1 is 1.21 bits per heavy atom. The first-order valence-electron chi connectivity index (χ1n) is 8.79. The number of carbonyl (C=O) groups excluding carboxylic acids is 2. The molecule has 2 amide bonds. The summed E-state index contributed by atoms with van der Waals surface area (Å²) >= 11 is 2.68. The largest absolute Gasteiger partial charge is 0.497 e. The Hall–Kier alpha value is -2.78. The van der Waals surface area contributed by atoms with E-state index < -0.39 is 6.04 Å². The fraction of sp³-hybridized carbons (Fsp3) is 0.263. The molecule has 0 radical (unpaired) electrons. The standard InChI is InChI=1S/C19H18N4O3S2/c1-26-13-8-6-12(7-9-13)17-21-22-19(28-17)20-16(24)14-4-2-10-23(14)18(25)15-5-3-11-27-15/h3,5-9,11,14H,2,4,10H2,1H3,(H,20,22,24). The number of likely N-dealkylation sites (tertiary alicyclic amines) is 1. The molecule has 1 unspecified atom stereocenters. The summed E-state index contributed by atoms with van der Waals surface area (Å²) in [6.45, 7) is 0.585. The molecule has 4 rings (SSSR count). The van der Waals surface area contributed by atoms with Gasteiger partial charge in [0.1, 0.15) is 16.8 Å². The van der Waals surface area contributed by atoms with Crippen molar-refractivity contribution in [2.75, 3.05) is 19.0 Å². The van der Waals surface area contributed by atoms with Crippen LogP contribution < -0.4 is 10.1 Å². The lowest BCUT2D eigenvalue weighted by Crippen LogP contribution is -2.42. The molecule has 1 atom stereocenters. The Labute approximate surface area is 170 Å². The average Bonchev–Trinajstić information content (AvgIpc) is 3.48. The van der Waals surface area contributed by atoms with Crippen molar-refractivity contribution in [3.63, 3.8) is 0 Å². The van der Waals surface area contributed by atoms with Gasteiger partial charge >= 0.3 is 0 Å². The topological polar surface area (TPSA) is 84.4 Å². The Bertz CT molecular complexity index is 969. The lowest BCUT2D eigenvalue weighted by atomic mass is 10.2. The molecule has 0 spiro atoms. The summed E-state index contributed by atoms with van der Waals surface area (Å²) < 4.78 is 5.15. The number of methoxy groups -OCH3 is 1. The first-order chi connectivity index (χ1) is 13.7. The number of ether oxygens (including phenoxy) is 1. The fourth-order valence-electron chi connectivity index (χ4n) is 3.14. The smallest absolute Gasteiger partial charge is 0.264 e. The number of aromatic nitrogens is 2. The molecule has 3 aromatic rings. The zero-order valence-electron chi connectivity index (χ0n) is 15.1. The van der Waals surface area contributed by atoms with E-state index in [-0.39, 0.29) is 11.8 Å². The Balaban J connectivity index is 1.44. The molecular weight excluding hydrogens is 396 g/mol. The zero-order valence-corrected chi connectivity index (χ0v) is 16.8. The van der Waals surface area contributed by atoms with Gasteiger partial charge in [0.2, 0.25) is 11.0 Å². The second-order valence-corrected chi connectivity index (χ2v) is 8.19. The molecule has 1 aromatic carbocycles. The number of benzene rings is 1. The third kappa shape index (κ3) is 3.76. The van der Waals surface area contributed by atoms with E-state index in [4.69, 9.17) is 4.74 Å². The van der Waals surface area contributed by atoms with Gasteiger partial charge in [-0.2, -0.15) is 0 Å².